The van der Waals surface area contributed by atoms with Crippen LogP contribution >= 0.6 is 0 Å². The number of unbranched alkanes of at least 4 members (excludes halogenated alkanes) is 37. The third-order valence-corrected chi connectivity index (χ3v) is 17.7. The van der Waals surface area contributed by atoms with E-state index in [0.717, 1.165) is 44.9 Å². The molecule has 0 bridgehead atoms. The van der Waals surface area contributed by atoms with Crippen molar-refractivity contribution in [3.63, 3.8) is 0 Å². The number of aliphatic hydroxyl groups is 11. The highest BCUT2D eigenvalue weighted by molar-refractivity contribution is 5.76. The second-order valence-electron chi connectivity index (χ2n) is 25.0. The summed E-state index contributed by atoms with van der Waals surface area (Å²) in [6, 6.07) is -0.881. The first kappa shape index (κ1) is 77.0. The molecule has 0 spiro atoms. The van der Waals surface area contributed by atoms with Crippen molar-refractivity contribution in [2.75, 3.05) is 26.4 Å². The van der Waals surface area contributed by atoms with E-state index in [-0.39, 0.29) is 18.9 Å². The van der Waals surface area contributed by atoms with Gasteiger partial charge in [-0.05, 0) is 12.8 Å². The van der Waals surface area contributed by atoms with Crippen molar-refractivity contribution in [2.24, 2.45) is 0 Å². The van der Waals surface area contributed by atoms with Crippen molar-refractivity contribution in [1.82, 2.24) is 5.32 Å². The van der Waals surface area contributed by atoms with E-state index in [1.807, 2.05) is 0 Å². The number of carbonyl (C=O) groups excluding carboxylic acids is 1. The summed E-state index contributed by atoms with van der Waals surface area (Å²) in [6.07, 6.45) is 23.2. The Kier molecular flexibility index (Phi) is 44.6. The van der Waals surface area contributed by atoms with Crippen molar-refractivity contribution in [1.29, 1.82) is 0 Å². The Bertz CT molecular complexity index is 1540. The molecule has 0 radical (unpaired) electrons. The molecule has 3 saturated heterocycles. The Labute approximate surface area is 506 Å². The van der Waals surface area contributed by atoms with Gasteiger partial charge in [-0.1, -0.05) is 258 Å². The van der Waals surface area contributed by atoms with Crippen LogP contribution in [0.3, 0.4) is 0 Å². The summed E-state index contributed by atoms with van der Waals surface area (Å²) in [6.45, 7) is 1.84. The van der Waals surface area contributed by atoms with E-state index in [0.29, 0.717) is 12.8 Å². The fourth-order valence-corrected chi connectivity index (χ4v) is 12.1. The minimum atomic E-state index is -1.97. The van der Waals surface area contributed by atoms with Gasteiger partial charge in [0.2, 0.25) is 5.91 Å². The Morgan fingerprint density at radius 1 is 0.381 bits per heavy atom. The van der Waals surface area contributed by atoms with Crippen molar-refractivity contribution >= 4 is 5.91 Å². The Hall–Kier alpha value is -1.21. The molecule has 3 aliphatic heterocycles. The fraction of sp³-hybridized carbons (Fsp3) is 0.985. The van der Waals surface area contributed by atoms with Crippen LogP contribution in [0.15, 0.2) is 0 Å². The van der Waals surface area contributed by atoms with Crippen LogP contribution in [0, 0.1) is 0 Å². The number of aliphatic hydroxyl groups excluding tert-OH is 11. The van der Waals surface area contributed by atoms with Gasteiger partial charge in [0.15, 0.2) is 18.9 Å². The van der Waals surface area contributed by atoms with Gasteiger partial charge in [0, 0.05) is 6.42 Å². The lowest BCUT2D eigenvalue weighted by atomic mass is 9.96. The molecule has 3 rings (SSSR count). The van der Waals surface area contributed by atoms with Crippen LogP contribution < -0.4 is 5.32 Å². The number of ether oxygens (including phenoxy) is 6. The first-order valence-corrected chi connectivity index (χ1v) is 34.3. The molecule has 19 heteroatoms. The first-order chi connectivity index (χ1) is 40.8. The second-order valence-corrected chi connectivity index (χ2v) is 25.0. The standard InChI is InChI=1S/C65H125NO18/c1-3-5-7-9-11-13-15-17-19-21-23-25-27-29-31-33-35-37-39-41-43-53(71)66-48(49(70)42-40-38-36-34-32-30-28-26-24-22-20-18-16-14-12-10-8-6-4-2)47-79-63-59(77)56(74)61(51(45-68)81-63)84-65-60(78)57(75)62(52(46-69)82-65)83-64-58(76)55(73)54(72)50(44-67)80-64/h48-52,54-65,67-70,72-78H,3-47H2,1-2H3,(H,66,71). The molecule has 0 aromatic carbocycles. The third-order valence-electron chi connectivity index (χ3n) is 17.7. The zero-order chi connectivity index (χ0) is 61.2. The van der Waals surface area contributed by atoms with E-state index in [4.69, 9.17) is 28.4 Å². The summed E-state index contributed by atoms with van der Waals surface area (Å²) in [5, 5.41) is 121. The fourth-order valence-electron chi connectivity index (χ4n) is 12.1. The molecular formula is C65H125NO18. The molecule has 3 heterocycles. The van der Waals surface area contributed by atoms with Gasteiger partial charge in [-0.3, -0.25) is 4.79 Å². The second kappa shape index (κ2) is 48.6. The van der Waals surface area contributed by atoms with Crippen LogP contribution in [0.2, 0.25) is 0 Å². The van der Waals surface area contributed by atoms with Crippen molar-refractivity contribution in [2.45, 2.75) is 381 Å². The normalized spacial score (nSPS) is 29.1. The van der Waals surface area contributed by atoms with E-state index in [1.165, 1.54) is 199 Å². The zero-order valence-electron chi connectivity index (χ0n) is 52.4. The van der Waals surface area contributed by atoms with E-state index in [9.17, 15) is 61.0 Å². The number of carbonyl (C=O) groups is 1. The topological polar surface area (TPSA) is 307 Å². The highest BCUT2D eigenvalue weighted by atomic mass is 16.8. The zero-order valence-corrected chi connectivity index (χ0v) is 52.4. The van der Waals surface area contributed by atoms with Gasteiger partial charge in [0.25, 0.3) is 0 Å². The molecule has 19 nitrogen and oxygen atoms in total. The average Bonchev–Trinajstić information content (AvgIpc) is 3.00. The van der Waals surface area contributed by atoms with Crippen LogP contribution in [0.25, 0.3) is 0 Å². The lowest BCUT2D eigenvalue weighted by Crippen LogP contribution is -2.66. The minimum absolute atomic E-state index is 0.236. The Balaban J connectivity index is 1.44. The van der Waals surface area contributed by atoms with Gasteiger partial charge in [-0.15, -0.1) is 0 Å². The van der Waals surface area contributed by atoms with Gasteiger partial charge in [-0.2, -0.15) is 0 Å². The molecule has 3 fully saturated rings. The van der Waals surface area contributed by atoms with Gasteiger partial charge in [0.05, 0.1) is 38.6 Å². The van der Waals surface area contributed by atoms with Crippen LogP contribution in [0.1, 0.15) is 277 Å². The van der Waals surface area contributed by atoms with Gasteiger partial charge < -0.3 is 89.9 Å². The average molecular weight is 1210 g/mol. The SMILES string of the molecule is CCCCCCCCCCCCCCCCCCCCCCC(=O)NC(COC1OC(CO)C(OC2OC(CO)C(OC3OC(CO)C(O)C(O)C3O)C(O)C2O)C(O)C1O)C(O)CCCCCCCCCCCCCCCCCCCCC. The Morgan fingerprint density at radius 2 is 0.679 bits per heavy atom. The van der Waals surface area contributed by atoms with Crippen molar-refractivity contribution in [3.05, 3.63) is 0 Å². The lowest BCUT2D eigenvalue weighted by Gasteiger charge is -2.48. The first-order valence-electron chi connectivity index (χ1n) is 34.3. The van der Waals surface area contributed by atoms with E-state index >= 15 is 0 Å². The monoisotopic (exact) mass is 1210 g/mol. The van der Waals surface area contributed by atoms with Crippen LogP contribution in [0.5, 0.6) is 0 Å². The van der Waals surface area contributed by atoms with E-state index in [2.05, 4.69) is 19.2 Å². The highest BCUT2D eigenvalue weighted by Gasteiger charge is 2.53. The number of amides is 1. The summed E-state index contributed by atoms with van der Waals surface area (Å²) in [7, 11) is 0. The summed E-state index contributed by atoms with van der Waals surface area (Å²) in [5.74, 6) is -0.236. The molecule has 12 N–H and O–H groups in total. The smallest absolute Gasteiger partial charge is 0.220 e. The quantitative estimate of drug-likeness (QED) is 0.0255. The number of nitrogens with one attached hydrogen (secondary N) is 1. The van der Waals surface area contributed by atoms with Gasteiger partial charge in [0.1, 0.15) is 73.2 Å². The summed E-state index contributed by atoms with van der Waals surface area (Å²) in [5.41, 5.74) is 0. The molecule has 498 valence electrons. The molecule has 84 heavy (non-hydrogen) atoms. The van der Waals surface area contributed by atoms with E-state index in [1.54, 1.807) is 0 Å². The maximum absolute atomic E-state index is 13.4. The predicted molar refractivity (Wildman–Crippen MR) is 324 cm³/mol. The third kappa shape index (κ3) is 31.0. The Morgan fingerprint density at radius 3 is 1.04 bits per heavy atom. The predicted octanol–water partition coefficient (Wildman–Crippen LogP) is 8.33. The van der Waals surface area contributed by atoms with Crippen molar-refractivity contribution < 1.29 is 89.4 Å². The van der Waals surface area contributed by atoms with Crippen LogP contribution in [0.4, 0.5) is 0 Å². The number of hydrogen-bond donors (Lipinski definition) is 12. The maximum Gasteiger partial charge on any atom is 0.220 e. The molecule has 17 unspecified atom stereocenters. The largest absolute Gasteiger partial charge is 0.394 e. The van der Waals surface area contributed by atoms with Gasteiger partial charge in [-0.25, -0.2) is 0 Å². The van der Waals surface area contributed by atoms with Crippen LogP contribution in [-0.2, 0) is 33.2 Å². The molecule has 1 amide bonds. The van der Waals surface area contributed by atoms with Gasteiger partial charge >= 0.3 is 0 Å². The maximum atomic E-state index is 13.4. The summed E-state index contributed by atoms with van der Waals surface area (Å²) in [4.78, 5) is 13.4. The molecule has 17 atom stereocenters. The number of hydrogen-bond acceptors (Lipinski definition) is 18. The molecule has 3 aliphatic rings. The molecule has 0 aromatic rings. The summed E-state index contributed by atoms with van der Waals surface area (Å²) >= 11 is 0. The van der Waals surface area contributed by atoms with Crippen molar-refractivity contribution in [3.8, 4) is 0 Å². The van der Waals surface area contributed by atoms with Crippen LogP contribution in [-0.4, -0.2) is 193 Å². The number of rotatable bonds is 53. The molecular weight excluding hydrogens is 1080 g/mol. The molecule has 0 saturated carbocycles. The molecule has 0 aromatic heterocycles. The van der Waals surface area contributed by atoms with E-state index < -0.39 is 124 Å². The minimum Gasteiger partial charge on any atom is -0.394 e. The lowest BCUT2D eigenvalue weighted by molar-refractivity contribution is -0.379. The highest BCUT2D eigenvalue weighted by Crippen LogP contribution is 2.33. The molecule has 0 aliphatic carbocycles. The summed E-state index contributed by atoms with van der Waals surface area (Å²) < 4.78 is 34.4.